The molecule has 0 atom stereocenters. The van der Waals surface area contributed by atoms with Crippen LogP contribution in [0.25, 0.3) is 0 Å². The van der Waals surface area contributed by atoms with E-state index in [1.54, 1.807) is 6.08 Å². The number of hydrogen-bond donors (Lipinski definition) is 0. The van der Waals surface area contributed by atoms with Crippen LogP contribution in [0.2, 0.25) is 0 Å². The van der Waals surface area contributed by atoms with Gasteiger partial charge in [0.2, 0.25) is 5.91 Å². The van der Waals surface area contributed by atoms with Crippen LogP contribution in [0, 0.1) is 0 Å². The predicted octanol–water partition coefficient (Wildman–Crippen LogP) is 7.28. The molecule has 2 heteroatoms. The average Bonchev–Trinajstić information content (AvgIpc) is 2.62. The highest BCUT2D eigenvalue weighted by Gasteiger charge is 2.02. The van der Waals surface area contributed by atoms with Crippen LogP contribution in [0.3, 0.4) is 0 Å². The van der Waals surface area contributed by atoms with Crippen LogP contribution in [0.5, 0.6) is 0 Å². The predicted molar refractivity (Wildman–Crippen MR) is 112 cm³/mol. The van der Waals surface area contributed by atoms with Crippen LogP contribution in [0.4, 0.5) is 0 Å². The molecule has 0 N–H and O–H groups in total. The van der Waals surface area contributed by atoms with Gasteiger partial charge in [-0.25, -0.2) is 0 Å². The Morgan fingerprint density at radius 2 is 1.12 bits per heavy atom. The van der Waals surface area contributed by atoms with E-state index in [1.165, 1.54) is 83.5 Å². The summed E-state index contributed by atoms with van der Waals surface area (Å²) in [6.45, 7) is 5.31. The highest BCUT2D eigenvalue weighted by Crippen LogP contribution is 2.13. The summed E-state index contributed by atoms with van der Waals surface area (Å²) in [5, 5.41) is 0. The largest absolute Gasteiger partial charge is 0.342 e. The van der Waals surface area contributed by atoms with Gasteiger partial charge in [0.1, 0.15) is 0 Å². The molecule has 0 aromatic heterocycles. The number of rotatable bonds is 18. The molecule has 0 heterocycles. The first-order valence-electron chi connectivity index (χ1n) is 11.1. The molecule has 2 nitrogen and oxygen atoms in total. The SMILES string of the molecule is CCCCCCCCCCCCCCC/C=C/C(=O)N(C)CCCC. The molecule has 0 aliphatic rings. The molecule has 0 unspecified atom stereocenters. The summed E-state index contributed by atoms with van der Waals surface area (Å²) in [6, 6.07) is 0. The maximum Gasteiger partial charge on any atom is 0.245 e. The van der Waals surface area contributed by atoms with Crippen molar-refractivity contribution in [1.29, 1.82) is 0 Å². The zero-order chi connectivity index (χ0) is 18.6. The Balaban J connectivity index is 3.28. The van der Waals surface area contributed by atoms with E-state index >= 15 is 0 Å². The van der Waals surface area contributed by atoms with Gasteiger partial charge in [0.05, 0.1) is 0 Å². The van der Waals surface area contributed by atoms with Gasteiger partial charge in [-0.05, 0) is 25.3 Å². The molecular formula is C23H45NO. The van der Waals surface area contributed by atoms with Gasteiger partial charge in [0.25, 0.3) is 0 Å². The Bertz CT molecular complexity index is 311. The van der Waals surface area contributed by atoms with Crippen LogP contribution >= 0.6 is 0 Å². The second-order valence-electron chi connectivity index (χ2n) is 7.55. The second kappa shape index (κ2) is 19.5. The standard InChI is InChI=1S/C23H45NO/c1-4-6-8-9-10-11-12-13-14-15-16-17-18-19-20-21-23(25)24(3)22-7-5-2/h20-21H,4-19,22H2,1-3H3/b21-20+. The van der Waals surface area contributed by atoms with Gasteiger partial charge in [-0.3, -0.25) is 4.79 Å². The molecular weight excluding hydrogens is 306 g/mol. The van der Waals surface area contributed by atoms with Crippen molar-refractivity contribution < 1.29 is 4.79 Å². The van der Waals surface area contributed by atoms with Crippen molar-refractivity contribution in [3.05, 3.63) is 12.2 Å². The molecule has 0 radical (unpaired) electrons. The number of allylic oxidation sites excluding steroid dienone is 1. The van der Waals surface area contributed by atoms with E-state index in [0.717, 1.165) is 25.8 Å². The Kier molecular flexibility index (Phi) is 18.9. The van der Waals surface area contributed by atoms with E-state index in [1.807, 2.05) is 11.9 Å². The fourth-order valence-electron chi connectivity index (χ4n) is 3.10. The van der Waals surface area contributed by atoms with Crippen molar-refractivity contribution in [3.8, 4) is 0 Å². The number of amides is 1. The minimum Gasteiger partial charge on any atom is -0.342 e. The molecule has 0 saturated heterocycles. The molecule has 0 aliphatic carbocycles. The molecule has 1 amide bonds. The lowest BCUT2D eigenvalue weighted by atomic mass is 10.0. The van der Waals surface area contributed by atoms with Crippen molar-refractivity contribution in [2.75, 3.05) is 13.6 Å². The average molecular weight is 352 g/mol. The van der Waals surface area contributed by atoms with E-state index < -0.39 is 0 Å². The molecule has 148 valence electrons. The first-order chi connectivity index (χ1) is 12.2. The molecule has 0 bridgehead atoms. The Morgan fingerprint density at radius 3 is 1.60 bits per heavy atom. The highest BCUT2D eigenvalue weighted by molar-refractivity contribution is 5.87. The van der Waals surface area contributed by atoms with Gasteiger partial charge in [0, 0.05) is 13.6 Å². The van der Waals surface area contributed by atoms with E-state index in [0.29, 0.717) is 0 Å². The van der Waals surface area contributed by atoms with Gasteiger partial charge >= 0.3 is 0 Å². The van der Waals surface area contributed by atoms with Crippen molar-refractivity contribution in [3.63, 3.8) is 0 Å². The van der Waals surface area contributed by atoms with E-state index in [4.69, 9.17) is 0 Å². The zero-order valence-corrected chi connectivity index (χ0v) is 17.5. The maximum absolute atomic E-state index is 11.8. The molecule has 0 rings (SSSR count). The summed E-state index contributed by atoms with van der Waals surface area (Å²) in [5.74, 6) is 0.156. The lowest BCUT2D eigenvalue weighted by Crippen LogP contribution is -2.25. The lowest BCUT2D eigenvalue weighted by Gasteiger charge is -2.13. The van der Waals surface area contributed by atoms with Gasteiger partial charge in [0.15, 0.2) is 0 Å². The van der Waals surface area contributed by atoms with Gasteiger partial charge < -0.3 is 4.90 Å². The van der Waals surface area contributed by atoms with Crippen LogP contribution in [0.15, 0.2) is 12.2 Å². The quantitative estimate of drug-likeness (QED) is 0.188. The van der Waals surface area contributed by atoms with Gasteiger partial charge in [-0.15, -0.1) is 0 Å². The first-order valence-corrected chi connectivity index (χ1v) is 11.1. The van der Waals surface area contributed by atoms with Crippen LogP contribution < -0.4 is 0 Å². The van der Waals surface area contributed by atoms with Crippen molar-refractivity contribution in [2.24, 2.45) is 0 Å². The number of carbonyl (C=O) groups excluding carboxylic acids is 1. The van der Waals surface area contributed by atoms with Crippen LogP contribution in [0.1, 0.15) is 117 Å². The van der Waals surface area contributed by atoms with Crippen molar-refractivity contribution in [2.45, 2.75) is 117 Å². The number of carbonyl (C=O) groups is 1. The smallest absolute Gasteiger partial charge is 0.245 e. The monoisotopic (exact) mass is 351 g/mol. The molecule has 0 spiro atoms. The first kappa shape index (κ1) is 24.2. The summed E-state index contributed by atoms with van der Waals surface area (Å²) in [6.07, 6.45) is 25.2. The number of unbranched alkanes of at least 4 members (excludes halogenated alkanes) is 14. The second-order valence-corrected chi connectivity index (χ2v) is 7.55. The van der Waals surface area contributed by atoms with Gasteiger partial charge in [-0.2, -0.15) is 0 Å². The molecule has 0 fully saturated rings. The molecule has 0 aliphatic heterocycles. The molecule has 0 aromatic rings. The van der Waals surface area contributed by atoms with E-state index in [2.05, 4.69) is 19.9 Å². The van der Waals surface area contributed by atoms with Crippen LogP contribution in [-0.4, -0.2) is 24.4 Å². The van der Waals surface area contributed by atoms with Crippen molar-refractivity contribution in [1.82, 2.24) is 4.90 Å². The van der Waals surface area contributed by atoms with E-state index in [9.17, 15) is 4.79 Å². The fraction of sp³-hybridized carbons (Fsp3) is 0.870. The third-order valence-electron chi connectivity index (χ3n) is 4.96. The Labute approximate surface area is 158 Å². The van der Waals surface area contributed by atoms with Crippen molar-refractivity contribution >= 4 is 5.91 Å². The minimum atomic E-state index is 0.156. The summed E-state index contributed by atoms with van der Waals surface area (Å²) in [4.78, 5) is 13.6. The number of likely N-dealkylation sites (N-methyl/N-ethyl adjacent to an activating group) is 1. The molecule has 0 aromatic carbocycles. The zero-order valence-electron chi connectivity index (χ0n) is 17.5. The molecule has 25 heavy (non-hydrogen) atoms. The Hall–Kier alpha value is -0.790. The fourth-order valence-corrected chi connectivity index (χ4v) is 3.10. The topological polar surface area (TPSA) is 20.3 Å². The summed E-state index contributed by atoms with van der Waals surface area (Å²) in [5.41, 5.74) is 0. The van der Waals surface area contributed by atoms with Gasteiger partial charge in [-0.1, -0.05) is 103 Å². The lowest BCUT2D eigenvalue weighted by molar-refractivity contribution is -0.124. The normalized spacial score (nSPS) is 11.3. The maximum atomic E-state index is 11.8. The third-order valence-corrected chi connectivity index (χ3v) is 4.96. The summed E-state index contributed by atoms with van der Waals surface area (Å²) in [7, 11) is 1.90. The third kappa shape index (κ3) is 17.8. The number of hydrogen-bond acceptors (Lipinski definition) is 1. The number of nitrogens with zero attached hydrogens (tertiary/aromatic N) is 1. The summed E-state index contributed by atoms with van der Waals surface area (Å²) < 4.78 is 0. The van der Waals surface area contributed by atoms with Crippen LogP contribution in [-0.2, 0) is 4.79 Å². The Morgan fingerprint density at radius 1 is 0.680 bits per heavy atom. The summed E-state index contributed by atoms with van der Waals surface area (Å²) >= 11 is 0. The molecule has 0 saturated carbocycles. The minimum absolute atomic E-state index is 0.156. The van der Waals surface area contributed by atoms with E-state index in [-0.39, 0.29) is 5.91 Å². The highest BCUT2D eigenvalue weighted by atomic mass is 16.2.